The number of ether oxygens (including phenoxy) is 2. The van der Waals surface area contributed by atoms with E-state index < -0.39 is 10.0 Å². The molecule has 0 spiro atoms. The van der Waals surface area contributed by atoms with Gasteiger partial charge in [-0.1, -0.05) is 13.8 Å². The van der Waals surface area contributed by atoms with E-state index in [0.717, 1.165) is 12.0 Å². The van der Waals surface area contributed by atoms with Gasteiger partial charge in [0.15, 0.2) is 0 Å². The van der Waals surface area contributed by atoms with Crippen LogP contribution in [0.15, 0.2) is 17.0 Å². The van der Waals surface area contributed by atoms with Gasteiger partial charge in [-0.15, -0.1) is 0 Å². The minimum atomic E-state index is -3.71. The third-order valence-corrected chi connectivity index (χ3v) is 4.04. The first-order chi connectivity index (χ1) is 9.27. The normalized spacial score (nSPS) is 11.9. The zero-order valence-corrected chi connectivity index (χ0v) is 13.3. The van der Waals surface area contributed by atoms with Gasteiger partial charge in [0, 0.05) is 20.1 Å². The topological polar surface area (TPSA) is 78.6 Å². The molecule has 0 amide bonds. The van der Waals surface area contributed by atoms with E-state index in [-0.39, 0.29) is 10.8 Å². The summed E-state index contributed by atoms with van der Waals surface area (Å²) >= 11 is 0. The van der Waals surface area contributed by atoms with Crippen LogP contribution < -0.4 is 9.88 Å². The van der Waals surface area contributed by atoms with Crippen LogP contribution in [0.2, 0.25) is 0 Å². The van der Waals surface area contributed by atoms with E-state index in [1.54, 1.807) is 26.2 Å². The zero-order valence-electron chi connectivity index (χ0n) is 12.5. The average Bonchev–Trinajstić information content (AvgIpc) is 2.32. The van der Waals surface area contributed by atoms with Crippen LogP contribution in [0, 0.1) is 6.92 Å². The summed E-state index contributed by atoms with van der Waals surface area (Å²) in [7, 11) is -2.07. The van der Waals surface area contributed by atoms with Gasteiger partial charge in [0.05, 0.1) is 11.5 Å². The fourth-order valence-electron chi connectivity index (χ4n) is 1.95. The molecule has 0 fully saturated rings. The molecule has 0 aliphatic carbocycles. The summed E-state index contributed by atoms with van der Waals surface area (Å²) in [6, 6.07) is 3.35. The molecule has 0 aliphatic heterocycles. The number of hydrogen-bond donors (Lipinski definition) is 1. The van der Waals surface area contributed by atoms with Gasteiger partial charge in [0.25, 0.3) is 0 Å². The van der Waals surface area contributed by atoms with E-state index in [4.69, 9.17) is 14.6 Å². The first-order valence-corrected chi connectivity index (χ1v) is 8.11. The lowest BCUT2D eigenvalue weighted by molar-refractivity contribution is 0.171. The predicted molar refractivity (Wildman–Crippen MR) is 78.6 cm³/mol. The maximum Gasteiger partial charge on any atom is 0.238 e. The number of benzene rings is 1. The lowest BCUT2D eigenvalue weighted by Gasteiger charge is -2.17. The molecule has 0 saturated heterocycles. The quantitative estimate of drug-likeness (QED) is 0.783. The summed E-state index contributed by atoms with van der Waals surface area (Å²) in [4.78, 5) is 0.158. The molecular formula is C14H23NO4S. The van der Waals surface area contributed by atoms with Crippen molar-refractivity contribution in [2.24, 2.45) is 5.14 Å². The van der Waals surface area contributed by atoms with Crippen molar-refractivity contribution in [2.45, 2.75) is 38.0 Å². The van der Waals surface area contributed by atoms with Crippen molar-refractivity contribution in [1.82, 2.24) is 0 Å². The van der Waals surface area contributed by atoms with E-state index in [1.807, 2.05) is 13.8 Å². The predicted octanol–water partition coefficient (Wildman–Crippen LogP) is 2.18. The SMILES string of the molecule is COCCCOc1cc(C)c(S(N)(=O)=O)cc1C(C)C. The van der Waals surface area contributed by atoms with Crippen LogP contribution in [0.25, 0.3) is 0 Å². The summed E-state index contributed by atoms with van der Waals surface area (Å²) in [6.07, 6.45) is 0.782. The van der Waals surface area contributed by atoms with Crippen LogP contribution >= 0.6 is 0 Å². The maximum absolute atomic E-state index is 11.6. The number of sulfonamides is 1. The van der Waals surface area contributed by atoms with Crippen LogP contribution in [0.4, 0.5) is 0 Å². The molecule has 0 bridgehead atoms. The fourth-order valence-corrected chi connectivity index (χ4v) is 2.74. The van der Waals surface area contributed by atoms with Crippen molar-refractivity contribution in [2.75, 3.05) is 20.3 Å². The van der Waals surface area contributed by atoms with Gasteiger partial charge in [-0.05, 0) is 36.1 Å². The molecule has 2 N–H and O–H groups in total. The highest BCUT2D eigenvalue weighted by molar-refractivity contribution is 7.89. The molecule has 0 saturated carbocycles. The Labute approximate surface area is 121 Å². The summed E-state index contributed by atoms with van der Waals surface area (Å²) < 4.78 is 33.8. The minimum Gasteiger partial charge on any atom is -0.493 e. The summed E-state index contributed by atoms with van der Waals surface area (Å²) in [5, 5.41) is 5.23. The van der Waals surface area contributed by atoms with Gasteiger partial charge >= 0.3 is 0 Å². The molecule has 5 nitrogen and oxygen atoms in total. The van der Waals surface area contributed by atoms with Gasteiger partial charge in [0.1, 0.15) is 5.75 Å². The van der Waals surface area contributed by atoms with Crippen LogP contribution in [0.1, 0.15) is 37.3 Å². The highest BCUT2D eigenvalue weighted by Gasteiger charge is 2.17. The minimum absolute atomic E-state index is 0.147. The lowest BCUT2D eigenvalue weighted by Crippen LogP contribution is -2.15. The van der Waals surface area contributed by atoms with E-state index in [2.05, 4.69) is 0 Å². The van der Waals surface area contributed by atoms with E-state index in [0.29, 0.717) is 24.5 Å². The van der Waals surface area contributed by atoms with Crippen molar-refractivity contribution in [3.05, 3.63) is 23.3 Å². The maximum atomic E-state index is 11.6. The van der Waals surface area contributed by atoms with Crippen LogP contribution in [0.3, 0.4) is 0 Å². The Hall–Kier alpha value is -1.11. The summed E-state index contributed by atoms with van der Waals surface area (Å²) in [6.45, 7) is 6.85. The molecule has 1 aromatic carbocycles. The van der Waals surface area contributed by atoms with E-state index >= 15 is 0 Å². The summed E-state index contributed by atoms with van der Waals surface area (Å²) in [5.41, 5.74) is 1.44. The number of primary sulfonamides is 1. The van der Waals surface area contributed by atoms with Crippen molar-refractivity contribution in [3.63, 3.8) is 0 Å². The van der Waals surface area contributed by atoms with E-state index in [1.165, 1.54) is 0 Å². The van der Waals surface area contributed by atoms with Crippen LogP contribution in [0.5, 0.6) is 5.75 Å². The number of rotatable bonds is 7. The lowest BCUT2D eigenvalue weighted by atomic mass is 10.0. The Balaban J connectivity index is 3.09. The largest absolute Gasteiger partial charge is 0.493 e. The van der Waals surface area contributed by atoms with Gasteiger partial charge in [0.2, 0.25) is 10.0 Å². The Morgan fingerprint density at radius 2 is 1.90 bits per heavy atom. The van der Waals surface area contributed by atoms with Crippen LogP contribution in [-0.2, 0) is 14.8 Å². The number of methoxy groups -OCH3 is 1. The monoisotopic (exact) mass is 301 g/mol. The molecule has 0 aromatic heterocycles. The second-order valence-electron chi connectivity index (χ2n) is 5.05. The van der Waals surface area contributed by atoms with Crippen molar-refractivity contribution in [3.8, 4) is 5.75 Å². The average molecular weight is 301 g/mol. The Morgan fingerprint density at radius 3 is 2.40 bits per heavy atom. The first-order valence-electron chi connectivity index (χ1n) is 6.56. The highest BCUT2D eigenvalue weighted by atomic mass is 32.2. The molecule has 1 rings (SSSR count). The van der Waals surface area contributed by atoms with Gasteiger partial charge in [-0.3, -0.25) is 0 Å². The third-order valence-electron chi connectivity index (χ3n) is 2.99. The molecule has 0 unspecified atom stereocenters. The molecule has 0 radical (unpaired) electrons. The molecular weight excluding hydrogens is 278 g/mol. The van der Waals surface area contributed by atoms with Crippen molar-refractivity contribution < 1.29 is 17.9 Å². The Kier molecular flexibility index (Phi) is 5.98. The first kappa shape index (κ1) is 16.9. The van der Waals surface area contributed by atoms with Gasteiger partial charge in [-0.2, -0.15) is 0 Å². The van der Waals surface area contributed by atoms with E-state index in [9.17, 15) is 8.42 Å². The number of aryl methyl sites for hydroxylation is 1. The smallest absolute Gasteiger partial charge is 0.238 e. The fraction of sp³-hybridized carbons (Fsp3) is 0.571. The second-order valence-corrected chi connectivity index (χ2v) is 6.58. The van der Waals surface area contributed by atoms with Crippen LogP contribution in [-0.4, -0.2) is 28.7 Å². The third kappa shape index (κ3) is 4.47. The Morgan fingerprint density at radius 1 is 1.25 bits per heavy atom. The molecule has 0 heterocycles. The summed E-state index contributed by atoms with van der Waals surface area (Å²) in [5.74, 6) is 0.856. The van der Waals surface area contributed by atoms with Gasteiger partial charge < -0.3 is 9.47 Å². The molecule has 114 valence electrons. The second kappa shape index (κ2) is 7.06. The molecule has 20 heavy (non-hydrogen) atoms. The zero-order chi connectivity index (χ0) is 15.3. The standard InChI is InChI=1S/C14H23NO4S/c1-10(2)12-9-14(20(15,16)17)11(3)8-13(12)19-7-5-6-18-4/h8-10H,5-7H2,1-4H3,(H2,15,16,17). The van der Waals surface area contributed by atoms with Gasteiger partial charge in [-0.25, -0.2) is 13.6 Å². The molecule has 0 atom stereocenters. The number of nitrogens with two attached hydrogens (primary N) is 1. The Bertz CT molecular complexity index is 553. The molecule has 0 aliphatic rings. The molecule has 1 aromatic rings. The molecule has 6 heteroatoms. The highest BCUT2D eigenvalue weighted by Crippen LogP contribution is 2.31. The van der Waals surface area contributed by atoms with Crippen molar-refractivity contribution in [1.29, 1.82) is 0 Å². The van der Waals surface area contributed by atoms with Crippen molar-refractivity contribution >= 4 is 10.0 Å². The number of hydrogen-bond acceptors (Lipinski definition) is 4.